The number of hydrogen-bond donors (Lipinski definition) is 3. The third-order valence-corrected chi connectivity index (χ3v) is 11.4. The van der Waals surface area contributed by atoms with Crippen LogP contribution in [0.15, 0.2) is 0 Å². The lowest BCUT2D eigenvalue weighted by Gasteiger charge is -2.25. The van der Waals surface area contributed by atoms with Crippen LogP contribution < -0.4 is 15.7 Å². The van der Waals surface area contributed by atoms with Gasteiger partial charge in [0.1, 0.15) is 6.04 Å². The highest BCUT2D eigenvalue weighted by Crippen LogP contribution is 2.66. The predicted octanol–water partition coefficient (Wildman–Crippen LogP) is 2.93. The molecular weight excluding hydrogens is 421 g/mol. The van der Waals surface area contributed by atoms with E-state index < -0.39 is 17.7 Å². The first-order valence-electron chi connectivity index (χ1n) is 9.30. The number of rotatable bonds is 13. The maximum Gasteiger partial charge on any atom is 0.323 e. The van der Waals surface area contributed by atoms with Crippen molar-refractivity contribution in [2.45, 2.75) is 79.1 Å². The Kier molecular flexibility index (Phi) is 13.2. The average Bonchev–Trinajstić information content (AvgIpc) is 2.55. The topological polar surface area (TPSA) is 114 Å². The Morgan fingerprint density at radius 3 is 1.96 bits per heavy atom. The molecule has 164 valence electrons. The van der Waals surface area contributed by atoms with Gasteiger partial charge in [0.15, 0.2) is 0 Å². The van der Waals surface area contributed by atoms with Crippen LogP contribution in [0.5, 0.6) is 0 Å². The number of carbonyl (C=O) groups is 3. The first kappa shape index (κ1) is 27.3. The zero-order valence-electron chi connectivity index (χ0n) is 17.7. The van der Waals surface area contributed by atoms with Crippen LogP contribution in [0.2, 0.25) is 0 Å². The summed E-state index contributed by atoms with van der Waals surface area (Å²) in [5, 5.41) is 8.50. The van der Waals surface area contributed by atoms with Crippen LogP contribution in [-0.4, -0.2) is 53.5 Å². The molecule has 0 aromatic heterocycles. The van der Waals surface area contributed by atoms with Crippen LogP contribution in [0.4, 0.5) is 0 Å². The number of nitrogens with one attached hydrogen (secondary N) is 3. The summed E-state index contributed by atoms with van der Waals surface area (Å²) in [6.07, 6.45) is 0.435. The minimum absolute atomic E-state index is 0.121. The Labute approximate surface area is 176 Å². The fraction of sp³-hybridized carbons (Fsp3) is 0.824. The van der Waals surface area contributed by atoms with Crippen molar-refractivity contribution in [1.82, 2.24) is 15.7 Å². The third-order valence-electron chi connectivity index (χ3n) is 3.35. The van der Waals surface area contributed by atoms with Gasteiger partial charge in [0, 0.05) is 37.4 Å². The molecule has 0 spiro atoms. The number of hydrogen-bond acceptors (Lipinski definition) is 7. The largest absolute Gasteiger partial charge is 0.462 e. The van der Waals surface area contributed by atoms with Crippen molar-refractivity contribution in [3.05, 3.63) is 0 Å². The van der Waals surface area contributed by atoms with Gasteiger partial charge < -0.3 is 15.4 Å². The molecule has 0 heterocycles. The summed E-state index contributed by atoms with van der Waals surface area (Å²) in [5.41, 5.74) is -3.10. The summed E-state index contributed by atoms with van der Waals surface area (Å²) in [7, 11) is 0. The minimum atomic E-state index is -3.10. The van der Waals surface area contributed by atoms with Crippen LogP contribution in [0.3, 0.4) is 0 Å². The number of ether oxygens (including phenoxy) is 1. The Bertz CT molecular complexity index is 577. The van der Waals surface area contributed by atoms with Crippen molar-refractivity contribution in [2.75, 3.05) is 11.5 Å². The van der Waals surface area contributed by atoms with Crippen LogP contribution in [0.1, 0.15) is 54.9 Å². The highest BCUT2D eigenvalue weighted by Gasteiger charge is 2.31. The Morgan fingerprint density at radius 1 is 0.964 bits per heavy atom. The molecule has 4 atom stereocenters. The zero-order chi connectivity index (χ0) is 21.9. The van der Waals surface area contributed by atoms with Gasteiger partial charge in [-0.3, -0.25) is 18.9 Å². The van der Waals surface area contributed by atoms with E-state index in [1.54, 1.807) is 20.8 Å². The van der Waals surface area contributed by atoms with Crippen molar-refractivity contribution in [1.29, 1.82) is 0 Å². The molecule has 3 N–H and O–H groups in total. The monoisotopic (exact) mass is 455 g/mol. The fourth-order valence-electron chi connectivity index (χ4n) is 2.07. The molecule has 0 aliphatic heterocycles. The molecule has 0 bridgehead atoms. The molecule has 11 heteroatoms. The van der Waals surface area contributed by atoms with E-state index in [4.69, 9.17) is 4.74 Å². The highest BCUT2D eigenvalue weighted by atomic mass is 33.1. The van der Waals surface area contributed by atoms with E-state index in [0.717, 1.165) is 0 Å². The van der Waals surface area contributed by atoms with E-state index in [0.29, 0.717) is 17.9 Å². The SMILES string of the molecule is CC[C@H](CSP(=O)(N[C@@H](C)C(=O)OC(C)C)SC[C@@H](C)NC(C)=O)NC(C)=O. The maximum atomic E-state index is 13.5. The van der Waals surface area contributed by atoms with E-state index in [2.05, 4.69) is 15.7 Å². The molecule has 28 heavy (non-hydrogen) atoms. The van der Waals surface area contributed by atoms with Crippen molar-refractivity contribution < 1.29 is 23.7 Å². The zero-order valence-corrected chi connectivity index (χ0v) is 20.3. The van der Waals surface area contributed by atoms with Gasteiger partial charge in [0.2, 0.25) is 11.8 Å². The molecule has 0 aromatic rings. The number of esters is 1. The van der Waals surface area contributed by atoms with Gasteiger partial charge in [0.05, 0.1) is 6.10 Å². The Morgan fingerprint density at radius 2 is 1.50 bits per heavy atom. The first-order chi connectivity index (χ1) is 12.9. The normalized spacial score (nSPS) is 16.6. The summed E-state index contributed by atoms with van der Waals surface area (Å²) < 4.78 is 18.7. The number of amides is 2. The molecule has 0 aliphatic rings. The molecule has 8 nitrogen and oxygen atoms in total. The summed E-state index contributed by atoms with van der Waals surface area (Å²) in [5.74, 6) is 0.0820. The van der Waals surface area contributed by atoms with Gasteiger partial charge in [-0.1, -0.05) is 29.7 Å². The Hall–Kier alpha value is -0.700. The molecule has 0 saturated heterocycles. The van der Waals surface area contributed by atoms with Crippen molar-refractivity contribution in [3.8, 4) is 0 Å². The quantitative estimate of drug-likeness (QED) is 0.287. The van der Waals surface area contributed by atoms with E-state index in [1.165, 1.54) is 36.6 Å². The van der Waals surface area contributed by atoms with Crippen LogP contribution in [0.25, 0.3) is 0 Å². The van der Waals surface area contributed by atoms with Gasteiger partial charge >= 0.3 is 5.97 Å². The summed E-state index contributed by atoms with van der Waals surface area (Å²) in [6.45, 7) is 11.8. The van der Waals surface area contributed by atoms with Crippen molar-refractivity contribution >= 4 is 46.2 Å². The van der Waals surface area contributed by atoms with Gasteiger partial charge in [-0.05, 0) is 34.1 Å². The minimum Gasteiger partial charge on any atom is -0.462 e. The molecule has 0 aromatic carbocycles. The van der Waals surface area contributed by atoms with Crippen LogP contribution in [-0.2, 0) is 23.7 Å². The second-order valence-electron chi connectivity index (χ2n) is 6.83. The third kappa shape index (κ3) is 12.7. The molecule has 0 saturated carbocycles. The summed E-state index contributed by atoms with van der Waals surface area (Å²) in [4.78, 5) is 34.6. The van der Waals surface area contributed by atoms with Crippen LogP contribution in [0, 0.1) is 0 Å². The first-order valence-corrected chi connectivity index (χ1v) is 14.2. The summed E-state index contributed by atoms with van der Waals surface area (Å²) in [6, 6.07) is -1.04. The van der Waals surface area contributed by atoms with E-state index in [9.17, 15) is 18.9 Å². The molecule has 1 unspecified atom stereocenters. The number of carbonyl (C=O) groups excluding carboxylic acids is 3. The van der Waals surface area contributed by atoms with Gasteiger partial charge in [-0.25, -0.2) is 5.09 Å². The molecule has 2 amide bonds. The Balaban J connectivity index is 5.11. The molecule has 0 radical (unpaired) electrons. The van der Waals surface area contributed by atoms with Gasteiger partial charge in [-0.2, -0.15) is 0 Å². The summed E-state index contributed by atoms with van der Waals surface area (Å²) >= 11 is 2.38. The lowest BCUT2D eigenvalue weighted by molar-refractivity contribution is -0.148. The molecular formula is C17H34N3O5PS2. The second-order valence-corrected chi connectivity index (χ2v) is 14.6. The van der Waals surface area contributed by atoms with Gasteiger partial charge in [0.25, 0.3) is 5.70 Å². The second kappa shape index (κ2) is 13.5. The molecule has 0 rings (SSSR count). The van der Waals surface area contributed by atoms with E-state index >= 15 is 0 Å². The van der Waals surface area contributed by atoms with Crippen molar-refractivity contribution in [2.24, 2.45) is 0 Å². The smallest absolute Gasteiger partial charge is 0.323 e. The maximum absolute atomic E-state index is 13.5. The van der Waals surface area contributed by atoms with E-state index in [-0.39, 0.29) is 30.0 Å². The fourth-order valence-corrected chi connectivity index (χ4v) is 9.85. The van der Waals surface area contributed by atoms with Crippen LogP contribution >= 0.6 is 28.5 Å². The molecule has 0 fully saturated rings. The standard InChI is InChI=1S/C17H34N3O5PS2/c1-8-16(19-15(7)22)10-28-26(24,27-9-12(4)18-14(6)21)20-13(5)17(23)25-11(2)3/h11-13,16H,8-10H2,1-7H3,(H,18,21)(H,19,22)(H,20,24)/t12-,13+,16-,26?/m1/s1. The van der Waals surface area contributed by atoms with E-state index in [1.807, 2.05) is 13.8 Å². The average molecular weight is 456 g/mol. The highest BCUT2D eigenvalue weighted by molar-refractivity contribution is 8.90. The van der Waals surface area contributed by atoms with Gasteiger partial charge in [-0.15, -0.1) is 0 Å². The lowest BCUT2D eigenvalue weighted by Crippen LogP contribution is -2.36. The lowest BCUT2D eigenvalue weighted by atomic mass is 10.2. The molecule has 0 aliphatic carbocycles. The predicted molar refractivity (Wildman–Crippen MR) is 118 cm³/mol. The van der Waals surface area contributed by atoms with Crippen molar-refractivity contribution in [3.63, 3.8) is 0 Å².